The van der Waals surface area contributed by atoms with E-state index in [-0.39, 0.29) is 5.54 Å². The Labute approximate surface area is 83.4 Å². The number of nitrogens with one attached hydrogen (secondary N) is 1. The molecule has 3 rings (SSSR count). The summed E-state index contributed by atoms with van der Waals surface area (Å²) in [6, 6.07) is 2.09. The summed E-state index contributed by atoms with van der Waals surface area (Å²) < 4.78 is 11.1. The summed E-state index contributed by atoms with van der Waals surface area (Å²) in [5.74, 6) is 1.15. The van der Waals surface area contributed by atoms with E-state index in [2.05, 4.69) is 11.4 Å². The topological polar surface area (TPSA) is 34.4 Å². The molecule has 0 aromatic carbocycles. The van der Waals surface area contributed by atoms with E-state index in [1.807, 2.05) is 0 Å². The Morgan fingerprint density at radius 1 is 1.43 bits per heavy atom. The van der Waals surface area contributed by atoms with Crippen LogP contribution in [-0.2, 0) is 16.7 Å². The van der Waals surface area contributed by atoms with Crippen LogP contribution in [0.3, 0.4) is 0 Å². The minimum absolute atomic E-state index is 0.0544. The van der Waals surface area contributed by atoms with Crippen molar-refractivity contribution in [2.24, 2.45) is 0 Å². The molecule has 1 fully saturated rings. The number of fused-ring (bicyclic) bond motifs is 2. The molecule has 14 heavy (non-hydrogen) atoms. The number of hydrogen-bond acceptors (Lipinski definition) is 3. The van der Waals surface area contributed by atoms with Gasteiger partial charge in [0.25, 0.3) is 0 Å². The second-order valence-electron chi connectivity index (χ2n) is 4.17. The lowest BCUT2D eigenvalue weighted by Gasteiger charge is -2.40. The van der Waals surface area contributed by atoms with Crippen molar-refractivity contribution in [2.45, 2.75) is 24.8 Å². The first-order valence-electron chi connectivity index (χ1n) is 5.30. The number of ether oxygens (including phenoxy) is 1. The van der Waals surface area contributed by atoms with E-state index in [0.717, 1.165) is 38.4 Å². The number of hydrogen-bond donors (Lipinski definition) is 1. The van der Waals surface area contributed by atoms with Gasteiger partial charge in [0.2, 0.25) is 0 Å². The van der Waals surface area contributed by atoms with Gasteiger partial charge < -0.3 is 14.5 Å². The van der Waals surface area contributed by atoms with Gasteiger partial charge in [0.1, 0.15) is 5.76 Å². The molecule has 3 heterocycles. The van der Waals surface area contributed by atoms with Gasteiger partial charge in [-0.25, -0.2) is 0 Å². The van der Waals surface area contributed by atoms with E-state index < -0.39 is 0 Å². The zero-order valence-corrected chi connectivity index (χ0v) is 8.21. The largest absolute Gasteiger partial charge is 0.469 e. The van der Waals surface area contributed by atoms with Gasteiger partial charge in [-0.2, -0.15) is 0 Å². The monoisotopic (exact) mass is 193 g/mol. The SMILES string of the molecule is c1cc2c(o1)CCNC21CCCOC1. The number of furan rings is 1. The summed E-state index contributed by atoms with van der Waals surface area (Å²) in [6.07, 6.45) is 5.11. The Balaban J connectivity index is 2.01. The van der Waals surface area contributed by atoms with Crippen LogP contribution in [0.25, 0.3) is 0 Å². The Kier molecular flexibility index (Phi) is 1.89. The highest BCUT2D eigenvalue weighted by atomic mass is 16.5. The van der Waals surface area contributed by atoms with Crippen LogP contribution in [0.5, 0.6) is 0 Å². The molecule has 0 aliphatic carbocycles. The fourth-order valence-electron chi connectivity index (χ4n) is 2.62. The minimum Gasteiger partial charge on any atom is -0.469 e. The van der Waals surface area contributed by atoms with Crippen molar-refractivity contribution in [3.63, 3.8) is 0 Å². The van der Waals surface area contributed by atoms with Gasteiger partial charge >= 0.3 is 0 Å². The van der Waals surface area contributed by atoms with Crippen LogP contribution in [0.1, 0.15) is 24.2 Å². The maximum absolute atomic E-state index is 5.58. The molecular weight excluding hydrogens is 178 g/mol. The molecule has 1 aromatic rings. The molecule has 0 bridgehead atoms. The maximum Gasteiger partial charge on any atom is 0.110 e. The van der Waals surface area contributed by atoms with Crippen LogP contribution in [0.15, 0.2) is 16.7 Å². The molecule has 1 aromatic heterocycles. The second-order valence-corrected chi connectivity index (χ2v) is 4.17. The predicted molar refractivity (Wildman–Crippen MR) is 52.1 cm³/mol. The van der Waals surface area contributed by atoms with E-state index in [4.69, 9.17) is 9.15 Å². The molecular formula is C11H15NO2. The number of rotatable bonds is 0. The molecule has 1 unspecified atom stereocenters. The van der Waals surface area contributed by atoms with Gasteiger partial charge in [-0.3, -0.25) is 0 Å². The molecule has 76 valence electrons. The van der Waals surface area contributed by atoms with Crippen molar-refractivity contribution in [2.75, 3.05) is 19.8 Å². The first-order valence-corrected chi connectivity index (χ1v) is 5.30. The van der Waals surface area contributed by atoms with Gasteiger partial charge in [0.05, 0.1) is 18.4 Å². The van der Waals surface area contributed by atoms with Crippen molar-refractivity contribution in [3.8, 4) is 0 Å². The van der Waals surface area contributed by atoms with Crippen LogP contribution in [0, 0.1) is 0 Å². The van der Waals surface area contributed by atoms with Crippen molar-refractivity contribution in [1.29, 1.82) is 0 Å². The van der Waals surface area contributed by atoms with Crippen molar-refractivity contribution in [1.82, 2.24) is 5.32 Å². The van der Waals surface area contributed by atoms with Gasteiger partial charge in [-0.15, -0.1) is 0 Å². The smallest absolute Gasteiger partial charge is 0.110 e. The van der Waals surface area contributed by atoms with Gasteiger partial charge in [0, 0.05) is 25.1 Å². The Morgan fingerprint density at radius 2 is 2.43 bits per heavy atom. The average molecular weight is 193 g/mol. The summed E-state index contributed by atoms with van der Waals surface area (Å²) in [4.78, 5) is 0. The van der Waals surface area contributed by atoms with Crippen LogP contribution in [-0.4, -0.2) is 19.8 Å². The van der Waals surface area contributed by atoms with Crippen LogP contribution >= 0.6 is 0 Å². The highest BCUT2D eigenvalue weighted by molar-refractivity contribution is 5.30. The highest BCUT2D eigenvalue weighted by Gasteiger charge is 2.39. The third-order valence-corrected chi connectivity index (χ3v) is 3.32. The van der Waals surface area contributed by atoms with Crippen molar-refractivity contribution in [3.05, 3.63) is 23.7 Å². The lowest BCUT2D eigenvalue weighted by Crippen LogP contribution is -2.52. The van der Waals surface area contributed by atoms with Gasteiger partial charge in [0.15, 0.2) is 0 Å². The van der Waals surface area contributed by atoms with Crippen LogP contribution in [0.2, 0.25) is 0 Å². The molecule has 1 spiro atoms. The molecule has 2 aliphatic rings. The fourth-order valence-corrected chi connectivity index (χ4v) is 2.62. The normalized spacial score (nSPS) is 31.7. The van der Waals surface area contributed by atoms with E-state index in [1.54, 1.807) is 6.26 Å². The quantitative estimate of drug-likeness (QED) is 0.677. The first-order chi connectivity index (χ1) is 6.91. The molecule has 1 atom stereocenters. The van der Waals surface area contributed by atoms with Crippen molar-refractivity contribution < 1.29 is 9.15 Å². The van der Waals surface area contributed by atoms with E-state index in [9.17, 15) is 0 Å². The maximum atomic E-state index is 5.58. The summed E-state index contributed by atoms with van der Waals surface area (Å²) in [7, 11) is 0. The highest BCUT2D eigenvalue weighted by Crippen LogP contribution is 2.35. The average Bonchev–Trinajstić information content (AvgIpc) is 2.69. The van der Waals surface area contributed by atoms with E-state index >= 15 is 0 Å². The first kappa shape index (κ1) is 8.50. The molecule has 3 heteroatoms. The second kappa shape index (κ2) is 3.11. The lowest BCUT2D eigenvalue weighted by molar-refractivity contribution is 0.0142. The summed E-state index contributed by atoms with van der Waals surface area (Å²) >= 11 is 0. The molecule has 1 saturated heterocycles. The van der Waals surface area contributed by atoms with Crippen LogP contribution in [0.4, 0.5) is 0 Å². The Bertz CT molecular complexity index is 326. The minimum atomic E-state index is 0.0544. The molecule has 2 aliphatic heterocycles. The van der Waals surface area contributed by atoms with Crippen molar-refractivity contribution >= 4 is 0 Å². The summed E-state index contributed by atoms with van der Waals surface area (Å²) in [5.41, 5.74) is 1.38. The van der Waals surface area contributed by atoms with E-state index in [1.165, 1.54) is 12.0 Å². The molecule has 1 N–H and O–H groups in total. The third kappa shape index (κ3) is 1.12. The van der Waals surface area contributed by atoms with Gasteiger partial charge in [-0.05, 0) is 18.9 Å². The zero-order chi connectivity index (χ0) is 9.43. The van der Waals surface area contributed by atoms with E-state index in [0.29, 0.717) is 0 Å². The molecule has 0 amide bonds. The zero-order valence-electron chi connectivity index (χ0n) is 8.21. The Hall–Kier alpha value is -0.800. The lowest BCUT2D eigenvalue weighted by atomic mass is 9.82. The standard InChI is InChI=1S/C11H15NO2/c1-4-11(8-13-6-1)9-3-7-14-10(9)2-5-12-11/h3,7,12H,1-2,4-6,8H2. The Morgan fingerprint density at radius 3 is 3.29 bits per heavy atom. The van der Waals surface area contributed by atoms with Crippen LogP contribution < -0.4 is 5.32 Å². The summed E-state index contributed by atoms with van der Waals surface area (Å²) in [5, 5.41) is 3.59. The molecule has 3 nitrogen and oxygen atoms in total. The van der Waals surface area contributed by atoms with Gasteiger partial charge in [-0.1, -0.05) is 0 Å². The summed E-state index contributed by atoms with van der Waals surface area (Å²) in [6.45, 7) is 2.69. The predicted octanol–water partition coefficient (Wildman–Crippen LogP) is 1.43. The fraction of sp³-hybridized carbons (Fsp3) is 0.636. The molecule has 0 saturated carbocycles. The third-order valence-electron chi connectivity index (χ3n) is 3.32. The molecule has 0 radical (unpaired) electrons.